The van der Waals surface area contributed by atoms with Crippen LogP contribution in [0.4, 0.5) is 15.7 Å². The molecule has 8 heteroatoms. The Labute approximate surface area is 126 Å². The van der Waals surface area contributed by atoms with Crippen LogP contribution in [-0.4, -0.2) is 20.8 Å². The highest BCUT2D eigenvalue weighted by Gasteiger charge is 2.08. The molecule has 2 amide bonds. The predicted octanol–water partition coefficient (Wildman–Crippen LogP) is 2.85. The van der Waals surface area contributed by atoms with E-state index in [-0.39, 0.29) is 6.03 Å². The minimum Gasteiger partial charge on any atom is -0.291 e. The largest absolute Gasteiger partial charge is 0.326 e. The summed E-state index contributed by atoms with van der Waals surface area (Å²) in [4.78, 5) is 16.1. The van der Waals surface area contributed by atoms with E-state index in [1.54, 1.807) is 16.9 Å². The zero-order valence-electron chi connectivity index (χ0n) is 11.7. The van der Waals surface area contributed by atoms with Gasteiger partial charge in [-0.05, 0) is 6.42 Å². The topological polar surface area (TPSA) is 95.6 Å². The summed E-state index contributed by atoms with van der Waals surface area (Å²) in [5.41, 5.74) is 0.985. The van der Waals surface area contributed by atoms with E-state index >= 15 is 0 Å². The lowest BCUT2D eigenvalue weighted by molar-refractivity contribution is 0.262. The van der Waals surface area contributed by atoms with E-state index in [9.17, 15) is 4.79 Å². The summed E-state index contributed by atoms with van der Waals surface area (Å²) in [5.74, 6) is 0.441. The number of hydrogen-bond acceptors (Lipinski definition) is 5. The first-order chi connectivity index (χ1) is 10.2. The Hall–Kier alpha value is -2.40. The van der Waals surface area contributed by atoms with Crippen LogP contribution in [0.3, 0.4) is 0 Å². The van der Waals surface area contributed by atoms with Crippen molar-refractivity contribution in [1.82, 2.24) is 14.8 Å². The van der Waals surface area contributed by atoms with Gasteiger partial charge in [0.25, 0.3) is 0 Å². The van der Waals surface area contributed by atoms with Gasteiger partial charge in [0, 0.05) is 17.6 Å². The predicted molar refractivity (Wildman–Crippen MR) is 81.2 cm³/mol. The number of nitrogens with zero attached hydrogens (tertiary/aromatic N) is 4. The Balaban J connectivity index is 1.86. The molecule has 2 heterocycles. The molecule has 2 rings (SSSR count). The van der Waals surface area contributed by atoms with Crippen LogP contribution in [0.2, 0.25) is 0 Å². The van der Waals surface area contributed by atoms with Gasteiger partial charge in [-0.25, -0.2) is 9.78 Å². The van der Waals surface area contributed by atoms with Gasteiger partial charge in [-0.3, -0.25) is 15.3 Å². The fraction of sp³-hybridized carbons (Fsp3) is 0.385. The van der Waals surface area contributed by atoms with Crippen molar-refractivity contribution in [3.63, 3.8) is 0 Å². The molecule has 2 aromatic rings. The number of rotatable bonds is 6. The van der Waals surface area contributed by atoms with Gasteiger partial charge in [0.15, 0.2) is 10.9 Å². The highest BCUT2D eigenvalue weighted by atomic mass is 32.1. The smallest absolute Gasteiger partial charge is 0.291 e. The summed E-state index contributed by atoms with van der Waals surface area (Å²) in [6, 6.07) is 3.35. The molecule has 0 aromatic carbocycles. The molecule has 0 aliphatic carbocycles. The standard InChI is InChI=1S/C13H16N6OS/c1-2-4-10-9-21-13(15-10)17-12(20)16-11-5-8-19(18-11)7-3-6-14/h5,8-9H,2-4,7H2,1H3,(H2,15,16,17,18,20). The number of aromatic nitrogens is 3. The molecule has 21 heavy (non-hydrogen) atoms. The second kappa shape index (κ2) is 7.40. The van der Waals surface area contributed by atoms with E-state index in [1.807, 2.05) is 11.4 Å². The van der Waals surface area contributed by atoms with Crippen molar-refractivity contribution in [1.29, 1.82) is 5.26 Å². The van der Waals surface area contributed by atoms with E-state index in [4.69, 9.17) is 5.26 Å². The zero-order valence-corrected chi connectivity index (χ0v) is 12.5. The highest BCUT2D eigenvalue weighted by Crippen LogP contribution is 2.16. The van der Waals surface area contributed by atoms with Crippen molar-refractivity contribution in [3.05, 3.63) is 23.3 Å². The van der Waals surface area contributed by atoms with Gasteiger partial charge in [0.05, 0.1) is 24.7 Å². The second-order valence-corrected chi connectivity index (χ2v) is 5.20. The van der Waals surface area contributed by atoms with E-state index in [0.29, 0.717) is 23.9 Å². The minimum atomic E-state index is -0.377. The molecule has 2 aromatic heterocycles. The molecule has 0 spiro atoms. The minimum absolute atomic E-state index is 0.377. The fourth-order valence-corrected chi connectivity index (χ4v) is 2.44. The van der Waals surface area contributed by atoms with Crippen molar-refractivity contribution in [2.75, 3.05) is 10.6 Å². The fourth-order valence-electron chi connectivity index (χ4n) is 1.70. The maximum Gasteiger partial charge on any atom is 0.326 e. The van der Waals surface area contributed by atoms with Crippen molar-refractivity contribution in [2.45, 2.75) is 32.7 Å². The van der Waals surface area contributed by atoms with Gasteiger partial charge in [0.2, 0.25) is 0 Å². The normalized spacial score (nSPS) is 10.1. The quantitative estimate of drug-likeness (QED) is 0.857. The summed E-state index contributed by atoms with van der Waals surface area (Å²) in [6.45, 7) is 2.59. The van der Waals surface area contributed by atoms with Gasteiger partial charge in [-0.2, -0.15) is 10.4 Å². The lowest BCUT2D eigenvalue weighted by Crippen LogP contribution is -2.19. The van der Waals surface area contributed by atoms with Gasteiger partial charge < -0.3 is 0 Å². The molecule has 0 saturated carbocycles. The molecule has 0 radical (unpaired) electrons. The molecule has 110 valence electrons. The maximum absolute atomic E-state index is 11.8. The lowest BCUT2D eigenvalue weighted by atomic mass is 10.3. The Morgan fingerprint density at radius 1 is 1.52 bits per heavy atom. The van der Waals surface area contributed by atoms with Crippen LogP contribution < -0.4 is 10.6 Å². The SMILES string of the molecule is CCCc1csc(NC(=O)Nc2ccn(CCC#N)n2)n1. The van der Waals surface area contributed by atoms with Crippen LogP contribution in [0.15, 0.2) is 17.6 Å². The number of anilines is 2. The van der Waals surface area contributed by atoms with Crippen LogP contribution >= 0.6 is 11.3 Å². The summed E-state index contributed by atoms with van der Waals surface area (Å²) in [7, 11) is 0. The molecule has 0 saturated heterocycles. The Bertz CT molecular complexity index is 641. The van der Waals surface area contributed by atoms with Gasteiger partial charge >= 0.3 is 6.03 Å². The Morgan fingerprint density at radius 3 is 3.14 bits per heavy atom. The number of aryl methyl sites for hydroxylation is 2. The first-order valence-electron chi connectivity index (χ1n) is 6.64. The number of carbonyl (C=O) groups is 1. The van der Waals surface area contributed by atoms with Crippen LogP contribution in [0.5, 0.6) is 0 Å². The van der Waals surface area contributed by atoms with Crippen molar-refractivity contribution >= 4 is 28.3 Å². The molecule has 0 bridgehead atoms. The number of nitriles is 1. The zero-order chi connectivity index (χ0) is 15.1. The van der Waals surface area contributed by atoms with Crippen LogP contribution in [-0.2, 0) is 13.0 Å². The second-order valence-electron chi connectivity index (χ2n) is 4.35. The number of thiazole rings is 1. The maximum atomic E-state index is 11.8. The number of amides is 2. The molecule has 0 atom stereocenters. The number of hydrogen-bond donors (Lipinski definition) is 2. The van der Waals surface area contributed by atoms with Crippen molar-refractivity contribution in [2.24, 2.45) is 0 Å². The van der Waals surface area contributed by atoms with Crippen molar-refractivity contribution < 1.29 is 4.79 Å². The van der Waals surface area contributed by atoms with E-state index in [1.165, 1.54) is 11.3 Å². The average Bonchev–Trinajstić information content (AvgIpc) is 3.07. The number of carbonyl (C=O) groups excluding carboxylic acids is 1. The first-order valence-corrected chi connectivity index (χ1v) is 7.52. The number of nitrogens with one attached hydrogen (secondary N) is 2. The highest BCUT2D eigenvalue weighted by molar-refractivity contribution is 7.13. The summed E-state index contributed by atoms with van der Waals surface area (Å²) in [6.07, 6.45) is 4.03. The molecule has 0 unspecified atom stereocenters. The monoisotopic (exact) mass is 304 g/mol. The Kier molecular flexibility index (Phi) is 5.29. The van der Waals surface area contributed by atoms with Crippen LogP contribution in [0, 0.1) is 11.3 Å². The summed E-state index contributed by atoms with van der Waals surface area (Å²) < 4.78 is 1.61. The van der Waals surface area contributed by atoms with E-state index in [0.717, 1.165) is 18.5 Å². The molecule has 0 aliphatic rings. The van der Waals surface area contributed by atoms with Crippen LogP contribution in [0.1, 0.15) is 25.5 Å². The molecule has 7 nitrogen and oxygen atoms in total. The van der Waals surface area contributed by atoms with Gasteiger partial charge in [-0.15, -0.1) is 11.3 Å². The molecule has 2 N–H and O–H groups in total. The molecule has 0 aliphatic heterocycles. The third-order valence-electron chi connectivity index (χ3n) is 2.61. The summed E-state index contributed by atoms with van der Waals surface area (Å²) in [5, 5.41) is 20.5. The third-order valence-corrected chi connectivity index (χ3v) is 3.42. The van der Waals surface area contributed by atoms with Crippen LogP contribution in [0.25, 0.3) is 0 Å². The lowest BCUT2D eigenvalue weighted by Gasteiger charge is -2.02. The van der Waals surface area contributed by atoms with Gasteiger partial charge in [-0.1, -0.05) is 13.3 Å². The first kappa shape index (κ1) is 15.0. The average molecular weight is 304 g/mol. The van der Waals surface area contributed by atoms with E-state index in [2.05, 4.69) is 27.6 Å². The third kappa shape index (κ3) is 4.57. The number of urea groups is 1. The van der Waals surface area contributed by atoms with E-state index < -0.39 is 0 Å². The van der Waals surface area contributed by atoms with Crippen molar-refractivity contribution in [3.8, 4) is 6.07 Å². The Morgan fingerprint density at radius 2 is 2.38 bits per heavy atom. The van der Waals surface area contributed by atoms with Gasteiger partial charge in [0.1, 0.15) is 0 Å². The molecule has 0 fully saturated rings. The molecular weight excluding hydrogens is 288 g/mol. The molecular formula is C13H16N6OS. The summed E-state index contributed by atoms with van der Waals surface area (Å²) >= 11 is 1.40.